The van der Waals surface area contributed by atoms with Gasteiger partial charge in [-0.2, -0.15) is 13.2 Å². The summed E-state index contributed by atoms with van der Waals surface area (Å²) in [7, 11) is -2.28. The summed E-state index contributed by atoms with van der Waals surface area (Å²) < 4.78 is 65.8. The highest BCUT2D eigenvalue weighted by molar-refractivity contribution is 7.92. The predicted octanol–water partition coefficient (Wildman–Crippen LogP) is 3.31. The van der Waals surface area contributed by atoms with Gasteiger partial charge in [0.15, 0.2) is 0 Å². The van der Waals surface area contributed by atoms with E-state index in [0.717, 1.165) is 22.3 Å². The highest BCUT2D eigenvalue weighted by atomic mass is 32.2. The van der Waals surface area contributed by atoms with E-state index < -0.39 is 21.8 Å². The van der Waals surface area contributed by atoms with E-state index in [1.54, 1.807) is 30.3 Å². The number of benzene rings is 1. The van der Waals surface area contributed by atoms with Gasteiger partial charge in [0.1, 0.15) is 5.82 Å². The lowest BCUT2D eigenvalue weighted by atomic mass is 10.1. The summed E-state index contributed by atoms with van der Waals surface area (Å²) in [6.45, 7) is 0. The topological polar surface area (TPSA) is 117 Å². The molecule has 1 aromatic carbocycles. The van der Waals surface area contributed by atoms with Crippen molar-refractivity contribution in [3.05, 3.63) is 65.1 Å². The van der Waals surface area contributed by atoms with Crippen molar-refractivity contribution < 1.29 is 26.4 Å². The fourth-order valence-electron chi connectivity index (χ4n) is 3.66. The van der Waals surface area contributed by atoms with E-state index in [2.05, 4.69) is 25.6 Å². The molecule has 0 unspecified atom stereocenters. The van der Waals surface area contributed by atoms with Crippen molar-refractivity contribution in [2.45, 2.75) is 25.4 Å². The van der Waals surface area contributed by atoms with Crippen LogP contribution in [0.5, 0.6) is 0 Å². The van der Waals surface area contributed by atoms with E-state index >= 15 is 0 Å². The Hall–Kier alpha value is -3.74. The molecule has 3 heterocycles. The van der Waals surface area contributed by atoms with Crippen molar-refractivity contribution >= 4 is 39.1 Å². The third kappa shape index (κ3) is 5.50. The van der Waals surface area contributed by atoms with Gasteiger partial charge in [0, 0.05) is 30.8 Å². The molecule has 9 nitrogen and oxygen atoms in total. The highest BCUT2D eigenvalue weighted by Crippen LogP contribution is 2.33. The largest absolute Gasteiger partial charge is 0.419 e. The minimum Gasteiger partial charge on any atom is -0.326 e. The summed E-state index contributed by atoms with van der Waals surface area (Å²) in [4.78, 5) is 23.6. The van der Waals surface area contributed by atoms with Gasteiger partial charge in [0.05, 0.1) is 23.9 Å². The zero-order chi connectivity index (χ0) is 25.4. The molecule has 0 atom stereocenters. The molecule has 1 amide bonds. The zero-order valence-electron chi connectivity index (χ0n) is 18.7. The summed E-state index contributed by atoms with van der Waals surface area (Å²) in [6.07, 6.45) is -1.39. The maximum atomic E-state index is 13.6. The number of alkyl halides is 3. The van der Waals surface area contributed by atoms with Crippen LogP contribution >= 0.6 is 0 Å². The smallest absolute Gasteiger partial charge is 0.326 e. The molecule has 184 valence electrons. The fraction of sp³-hybridized carbons (Fsp3) is 0.273. The van der Waals surface area contributed by atoms with Crippen LogP contribution < -0.4 is 14.9 Å². The number of aromatic nitrogens is 3. The van der Waals surface area contributed by atoms with Crippen LogP contribution in [-0.4, -0.2) is 42.6 Å². The molecule has 35 heavy (non-hydrogen) atoms. The van der Waals surface area contributed by atoms with Gasteiger partial charge in [-0.3, -0.25) is 9.10 Å². The molecule has 0 aliphatic carbocycles. The number of aryl methyl sites for hydroxylation is 2. The molecule has 1 aliphatic heterocycles. The average Bonchev–Trinajstić information content (AvgIpc) is 3.15. The van der Waals surface area contributed by atoms with Crippen LogP contribution in [0, 0.1) is 0 Å². The van der Waals surface area contributed by atoms with E-state index in [9.17, 15) is 26.4 Å². The van der Waals surface area contributed by atoms with Crippen LogP contribution in [0.3, 0.4) is 0 Å². The molecule has 13 heteroatoms. The molecule has 2 N–H and O–H groups in total. The number of nitrogens with zero attached hydrogens (tertiary/aromatic N) is 4. The van der Waals surface area contributed by atoms with Crippen LogP contribution in [0.25, 0.3) is 0 Å². The van der Waals surface area contributed by atoms with E-state index in [4.69, 9.17) is 0 Å². The Labute approximate surface area is 199 Å². The summed E-state index contributed by atoms with van der Waals surface area (Å²) in [6, 6.07) is 8.25. The van der Waals surface area contributed by atoms with Crippen LogP contribution in [0.1, 0.15) is 22.4 Å². The van der Waals surface area contributed by atoms with Crippen LogP contribution in [0.15, 0.2) is 42.7 Å². The first-order valence-corrected chi connectivity index (χ1v) is 12.3. The van der Waals surface area contributed by atoms with Gasteiger partial charge in [0.2, 0.25) is 21.9 Å². The maximum Gasteiger partial charge on any atom is 0.419 e. The second-order valence-corrected chi connectivity index (χ2v) is 10.0. The molecular weight excluding hydrogens is 485 g/mol. The van der Waals surface area contributed by atoms with Crippen molar-refractivity contribution in [2.75, 3.05) is 28.2 Å². The third-order valence-corrected chi connectivity index (χ3v) is 6.62. The third-order valence-electron chi connectivity index (χ3n) is 5.45. The van der Waals surface area contributed by atoms with Crippen molar-refractivity contribution in [3.8, 4) is 0 Å². The number of carbonyl (C=O) groups excluding carboxylic acids is 1. The molecule has 0 spiro atoms. The van der Waals surface area contributed by atoms with Crippen molar-refractivity contribution in [1.29, 1.82) is 0 Å². The first-order valence-electron chi connectivity index (χ1n) is 10.4. The number of amides is 1. The maximum absolute atomic E-state index is 13.6. The summed E-state index contributed by atoms with van der Waals surface area (Å²) in [5.74, 6) is -0.0383. The number of fused-ring (bicyclic) bond motifs is 1. The minimum absolute atomic E-state index is 0.0371. The molecule has 1 aliphatic rings. The number of hydrogen-bond acceptors (Lipinski definition) is 7. The predicted molar refractivity (Wildman–Crippen MR) is 124 cm³/mol. The number of carbonyl (C=O) groups is 1. The van der Waals surface area contributed by atoms with E-state index in [0.29, 0.717) is 16.9 Å². The molecule has 2 aromatic heterocycles. The highest BCUT2D eigenvalue weighted by Gasteiger charge is 2.35. The lowest BCUT2D eigenvalue weighted by Crippen LogP contribution is -2.27. The summed E-state index contributed by atoms with van der Waals surface area (Å²) in [5.41, 5.74) is 1.19. The van der Waals surface area contributed by atoms with Crippen molar-refractivity contribution in [3.63, 3.8) is 0 Å². The lowest BCUT2D eigenvalue weighted by Gasteiger charge is -2.19. The average molecular weight is 507 g/mol. The van der Waals surface area contributed by atoms with Gasteiger partial charge in [-0.05, 0) is 48.2 Å². The molecule has 3 aromatic rings. The molecule has 4 rings (SSSR count). The number of pyridine rings is 1. The Kier molecular flexibility index (Phi) is 6.36. The van der Waals surface area contributed by atoms with E-state index in [-0.39, 0.29) is 42.6 Å². The van der Waals surface area contributed by atoms with Crippen molar-refractivity contribution in [2.24, 2.45) is 0 Å². The Balaban J connectivity index is 1.61. The minimum atomic E-state index is -4.67. The van der Waals surface area contributed by atoms with Crippen LogP contribution in [-0.2, 0) is 40.3 Å². The Morgan fingerprint density at radius 3 is 2.66 bits per heavy atom. The summed E-state index contributed by atoms with van der Waals surface area (Å²) in [5, 5.41) is 5.59. The number of hydrogen-bond donors (Lipinski definition) is 2. The number of rotatable bonds is 7. The number of anilines is 4. The van der Waals surface area contributed by atoms with E-state index in [1.165, 1.54) is 13.2 Å². The Bertz CT molecular complexity index is 1400. The number of sulfonamides is 1. The molecule has 0 saturated carbocycles. The second-order valence-electron chi connectivity index (χ2n) is 7.99. The standard InChI is InChI=1S/C22H21F3N6O3S/c1-31(35(2,33)34)20-13(4-3-9-26-20)5-7-18-16(22(23,24)25)12-27-21(30-18)28-15-6-8-17-14(10-15)11-19(32)29-17/h3-4,6,8-10,12H,5,7,11H2,1-2H3,(H,29,32)(H,27,28,30). The van der Waals surface area contributed by atoms with Gasteiger partial charge < -0.3 is 10.6 Å². The quantitative estimate of drug-likeness (QED) is 0.505. The zero-order valence-corrected chi connectivity index (χ0v) is 19.5. The summed E-state index contributed by atoms with van der Waals surface area (Å²) >= 11 is 0. The molecule has 0 saturated heterocycles. The first kappa shape index (κ1) is 24.4. The van der Waals surface area contributed by atoms with Crippen LogP contribution in [0.4, 0.5) is 36.3 Å². The van der Waals surface area contributed by atoms with Gasteiger partial charge in [0.25, 0.3) is 0 Å². The van der Waals surface area contributed by atoms with Crippen molar-refractivity contribution in [1.82, 2.24) is 15.0 Å². The van der Waals surface area contributed by atoms with E-state index in [1.807, 2.05) is 0 Å². The van der Waals surface area contributed by atoms with Gasteiger partial charge in [-0.15, -0.1) is 0 Å². The Morgan fingerprint density at radius 1 is 1.17 bits per heavy atom. The molecular formula is C22H21F3N6O3S. The van der Waals surface area contributed by atoms with Gasteiger partial charge >= 0.3 is 6.18 Å². The Morgan fingerprint density at radius 2 is 1.94 bits per heavy atom. The monoisotopic (exact) mass is 506 g/mol. The van der Waals surface area contributed by atoms with Gasteiger partial charge in [-0.1, -0.05) is 6.07 Å². The fourth-order valence-corrected chi connectivity index (χ4v) is 4.14. The first-order chi connectivity index (χ1) is 16.4. The second kappa shape index (κ2) is 9.13. The number of halogens is 3. The molecule has 0 fully saturated rings. The van der Waals surface area contributed by atoms with Crippen LogP contribution in [0.2, 0.25) is 0 Å². The van der Waals surface area contributed by atoms with Gasteiger partial charge in [-0.25, -0.2) is 23.4 Å². The molecule has 0 radical (unpaired) electrons. The molecule has 0 bridgehead atoms. The normalized spacial score (nSPS) is 13.3. The SMILES string of the molecule is CN(c1ncccc1CCc1nc(Nc2ccc3c(c2)CC(=O)N3)ncc1C(F)(F)F)S(C)(=O)=O. The number of nitrogens with one attached hydrogen (secondary N) is 2. The lowest BCUT2D eigenvalue weighted by molar-refractivity contribution is -0.138.